The first-order valence-corrected chi connectivity index (χ1v) is 8.49. The summed E-state index contributed by atoms with van der Waals surface area (Å²) in [6.07, 6.45) is 6.20. The van der Waals surface area contributed by atoms with Crippen LogP contribution >= 0.6 is 0 Å². The lowest BCUT2D eigenvalue weighted by molar-refractivity contribution is -0.130. The normalized spacial score (nSPS) is 21.6. The predicted molar refractivity (Wildman–Crippen MR) is 88.5 cm³/mol. The Morgan fingerprint density at radius 2 is 2.00 bits per heavy atom. The monoisotopic (exact) mass is 316 g/mol. The third-order valence-corrected chi connectivity index (χ3v) is 4.55. The average Bonchev–Trinajstić information content (AvgIpc) is 2.77. The van der Waals surface area contributed by atoms with Gasteiger partial charge in [-0.3, -0.25) is 9.59 Å². The molecular weight excluding hydrogens is 292 g/mol. The summed E-state index contributed by atoms with van der Waals surface area (Å²) in [4.78, 5) is 24.4. The molecular formula is C18H24N2O3. The topological polar surface area (TPSA) is 67.4 Å². The number of rotatable bonds is 3. The van der Waals surface area contributed by atoms with E-state index >= 15 is 0 Å². The number of hydrogen-bond acceptors (Lipinski definition) is 3. The lowest BCUT2D eigenvalue weighted by atomic mass is 10.1. The lowest BCUT2D eigenvalue weighted by Gasteiger charge is -2.26. The minimum absolute atomic E-state index is 0.0651. The highest BCUT2D eigenvalue weighted by Gasteiger charge is 2.30. The van der Waals surface area contributed by atoms with Crippen LogP contribution in [0, 0.1) is 6.92 Å². The van der Waals surface area contributed by atoms with E-state index in [9.17, 15) is 9.59 Å². The number of carbonyl (C=O) groups excluding carboxylic acids is 2. The van der Waals surface area contributed by atoms with E-state index in [0.29, 0.717) is 11.4 Å². The molecule has 1 saturated carbocycles. The van der Waals surface area contributed by atoms with Crippen LogP contribution in [0.4, 0.5) is 5.69 Å². The summed E-state index contributed by atoms with van der Waals surface area (Å²) in [6, 6.07) is 5.88. The minimum atomic E-state index is -0.754. The zero-order valence-corrected chi connectivity index (χ0v) is 13.6. The maximum absolute atomic E-state index is 12.2. The van der Waals surface area contributed by atoms with Gasteiger partial charge in [-0.05, 0) is 37.5 Å². The molecule has 2 amide bonds. The molecule has 1 atom stereocenters. The molecule has 2 N–H and O–H groups in total. The third kappa shape index (κ3) is 4.03. The largest absolute Gasteiger partial charge is 0.478 e. The molecule has 0 saturated heterocycles. The number of ether oxygens (including phenoxy) is 1. The van der Waals surface area contributed by atoms with Gasteiger partial charge in [0, 0.05) is 6.04 Å². The Labute approximate surface area is 136 Å². The molecule has 0 radical (unpaired) electrons. The zero-order valence-electron chi connectivity index (χ0n) is 13.6. The molecule has 0 unspecified atom stereocenters. The van der Waals surface area contributed by atoms with Crippen molar-refractivity contribution in [2.75, 3.05) is 5.32 Å². The van der Waals surface area contributed by atoms with Gasteiger partial charge in [0.25, 0.3) is 5.91 Å². The fraction of sp³-hybridized carbons (Fsp3) is 0.556. The average molecular weight is 316 g/mol. The summed E-state index contributed by atoms with van der Waals surface area (Å²) in [5.41, 5.74) is 1.73. The lowest BCUT2D eigenvalue weighted by Crippen LogP contribution is -2.43. The van der Waals surface area contributed by atoms with Gasteiger partial charge in [0.1, 0.15) is 5.75 Å². The quantitative estimate of drug-likeness (QED) is 0.843. The molecule has 1 aromatic carbocycles. The molecule has 5 heteroatoms. The summed E-state index contributed by atoms with van der Waals surface area (Å²) in [6.45, 7) is 1.96. The van der Waals surface area contributed by atoms with Gasteiger partial charge < -0.3 is 15.4 Å². The molecule has 1 aliphatic carbocycles. The summed E-state index contributed by atoms with van der Waals surface area (Å²) in [5, 5.41) is 5.89. The smallest absolute Gasteiger partial charge is 0.266 e. The van der Waals surface area contributed by atoms with Crippen molar-refractivity contribution < 1.29 is 14.3 Å². The van der Waals surface area contributed by atoms with E-state index in [1.807, 2.05) is 25.1 Å². The molecule has 1 aliphatic heterocycles. The number of fused-ring (bicyclic) bond motifs is 1. The van der Waals surface area contributed by atoms with Crippen molar-refractivity contribution >= 4 is 17.5 Å². The maximum Gasteiger partial charge on any atom is 0.266 e. The molecule has 0 spiro atoms. The van der Waals surface area contributed by atoms with Crippen LogP contribution in [-0.2, 0) is 9.59 Å². The molecule has 2 aliphatic rings. The molecule has 0 bridgehead atoms. The Hall–Kier alpha value is -2.04. The molecule has 0 aromatic heterocycles. The SMILES string of the molecule is Cc1ccc2c(c1)NC(=O)[C@@H](CC(=O)NC1CCCCCC1)O2. The number of hydrogen-bond donors (Lipinski definition) is 2. The van der Waals surface area contributed by atoms with Crippen LogP contribution in [0.3, 0.4) is 0 Å². The first-order valence-electron chi connectivity index (χ1n) is 8.49. The van der Waals surface area contributed by atoms with E-state index in [1.165, 1.54) is 12.8 Å². The standard InChI is InChI=1S/C18H24N2O3/c1-12-8-9-15-14(10-12)20-18(22)16(23-15)11-17(21)19-13-6-4-2-3-5-7-13/h8-10,13,16H,2-7,11H2,1H3,(H,19,21)(H,20,22)/t16-/m1/s1. The molecule has 1 heterocycles. The van der Waals surface area contributed by atoms with Gasteiger partial charge >= 0.3 is 0 Å². The van der Waals surface area contributed by atoms with Crippen LogP contribution < -0.4 is 15.4 Å². The molecule has 5 nitrogen and oxygen atoms in total. The number of benzene rings is 1. The van der Waals surface area contributed by atoms with Gasteiger partial charge in [-0.1, -0.05) is 31.7 Å². The minimum Gasteiger partial charge on any atom is -0.478 e. The molecule has 124 valence electrons. The first-order chi connectivity index (χ1) is 11.1. The molecule has 1 aromatic rings. The van der Waals surface area contributed by atoms with E-state index < -0.39 is 6.10 Å². The van der Waals surface area contributed by atoms with Crippen LogP contribution in [0.5, 0.6) is 5.75 Å². The highest BCUT2D eigenvalue weighted by Crippen LogP contribution is 2.31. The van der Waals surface area contributed by atoms with E-state index in [2.05, 4.69) is 10.6 Å². The van der Waals surface area contributed by atoms with Crippen molar-refractivity contribution in [2.24, 2.45) is 0 Å². The van der Waals surface area contributed by atoms with Crippen molar-refractivity contribution in [1.82, 2.24) is 5.32 Å². The van der Waals surface area contributed by atoms with Crippen LogP contribution in [-0.4, -0.2) is 24.0 Å². The van der Waals surface area contributed by atoms with Crippen molar-refractivity contribution in [3.63, 3.8) is 0 Å². The Bertz CT molecular complexity index is 592. The number of amides is 2. The van der Waals surface area contributed by atoms with Gasteiger partial charge in [0.15, 0.2) is 6.10 Å². The Balaban J connectivity index is 1.58. The Morgan fingerprint density at radius 3 is 2.74 bits per heavy atom. The van der Waals surface area contributed by atoms with Crippen LogP contribution in [0.15, 0.2) is 18.2 Å². The van der Waals surface area contributed by atoms with Crippen molar-refractivity contribution in [1.29, 1.82) is 0 Å². The van der Waals surface area contributed by atoms with Gasteiger partial charge in [-0.25, -0.2) is 0 Å². The second-order valence-corrected chi connectivity index (χ2v) is 6.56. The summed E-state index contributed by atoms with van der Waals surface area (Å²) >= 11 is 0. The summed E-state index contributed by atoms with van der Waals surface area (Å²) < 4.78 is 5.71. The van der Waals surface area contributed by atoms with E-state index in [1.54, 1.807) is 0 Å². The second-order valence-electron chi connectivity index (χ2n) is 6.56. The summed E-state index contributed by atoms with van der Waals surface area (Å²) in [7, 11) is 0. The van der Waals surface area contributed by atoms with Crippen LogP contribution in [0.2, 0.25) is 0 Å². The zero-order chi connectivity index (χ0) is 16.2. The van der Waals surface area contributed by atoms with Gasteiger partial charge in [0.05, 0.1) is 12.1 Å². The van der Waals surface area contributed by atoms with E-state index in [0.717, 1.165) is 31.2 Å². The number of aryl methyl sites for hydroxylation is 1. The van der Waals surface area contributed by atoms with Crippen LogP contribution in [0.1, 0.15) is 50.5 Å². The fourth-order valence-electron chi connectivity index (χ4n) is 3.28. The number of anilines is 1. The van der Waals surface area contributed by atoms with Gasteiger partial charge in [-0.2, -0.15) is 0 Å². The van der Waals surface area contributed by atoms with Crippen LogP contribution in [0.25, 0.3) is 0 Å². The first kappa shape index (κ1) is 15.8. The molecule has 3 rings (SSSR count). The summed E-state index contributed by atoms with van der Waals surface area (Å²) in [5.74, 6) is 0.272. The van der Waals surface area contributed by atoms with Crippen molar-refractivity contribution in [3.05, 3.63) is 23.8 Å². The van der Waals surface area contributed by atoms with Crippen molar-refractivity contribution in [3.8, 4) is 5.75 Å². The van der Waals surface area contributed by atoms with E-state index in [4.69, 9.17) is 4.74 Å². The predicted octanol–water partition coefficient (Wildman–Crippen LogP) is 2.92. The Kier molecular flexibility index (Phi) is 4.84. The van der Waals surface area contributed by atoms with Crippen molar-refractivity contribution in [2.45, 2.75) is 64.0 Å². The maximum atomic E-state index is 12.2. The number of nitrogens with one attached hydrogen (secondary N) is 2. The number of carbonyl (C=O) groups is 2. The highest BCUT2D eigenvalue weighted by atomic mass is 16.5. The van der Waals surface area contributed by atoms with Gasteiger partial charge in [-0.15, -0.1) is 0 Å². The second kappa shape index (κ2) is 7.02. The molecule has 1 fully saturated rings. The van der Waals surface area contributed by atoms with Gasteiger partial charge in [0.2, 0.25) is 5.91 Å². The third-order valence-electron chi connectivity index (χ3n) is 4.55. The highest BCUT2D eigenvalue weighted by molar-refractivity contribution is 6.00. The van der Waals surface area contributed by atoms with E-state index in [-0.39, 0.29) is 24.3 Å². The Morgan fingerprint density at radius 1 is 1.26 bits per heavy atom. The molecule has 23 heavy (non-hydrogen) atoms. The fourth-order valence-corrected chi connectivity index (χ4v) is 3.28.